The number of carbonyl (C=O) groups is 3. The first-order chi connectivity index (χ1) is 28.7. The highest BCUT2D eigenvalue weighted by atomic mass is 31.2. The number of esters is 2. The van der Waals surface area contributed by atoms with E-state index in [1.54, 1.807) is 0 Å². The first kappa shape index (κ1) is 57.0. The zero-order chi connectivity index (χ0) is 43.3. The molecule has 0 bridgehead atoms. The fourth-order valence-electron chi connectivity index (χ4n) is 6.59. The van der Waals surface area contributed by atoms with E-state index >= 15 is 0 Å². The molecule has 0 heterocycles. The molecule has 0 aliphatic heterocycles. The minimum absolute atomic E-state index is 0.00605. The van der Waals surface area contributed by atoms with Crippen LogP contribution in [0.5, 0.6) is 0 Å². The average Bonchev–Trinajstić information content (AvgIpc) is 3.22. The molecule has 0 radical (unpaired) electrons. The van der Waals surface area contributed by atoms with Crippen LogP contribution in [-0.2, 0) is 37.5 Å². The molecular formula is C47H89N2O9P. The molecule has 0 fully saturated rings. The van der Waals surface area contributed by atoms with Gasteiger partial charge in [-0.25, -0.2) is 0 Å². The second-order valence-electron chi connectivity index (χ2n) is 16.1. The molecular weight excluding hydrogens is 767 g/mol. The van der Waals surface area contributed by atoms with E-state index in [1.165, 1.54) is 83.5 Å². The molecule has 0 saturated carbocycles. The van der Waals surface area contributed by atoms with Gasteiger partial charge in [-0.15, -0.1) is 0 Å². The summed E-state index contributed by atoms with van der Waals surface area (Å²) in [4.78, 5) is 49.6. The van der Waals surface area contributed by atoms with E-state index in [-0.39, 0.29) is 38.5 Å². The van der Waals surface area contributed by atoms with Gasteiger partial charge in [-0.2, -0.15) is 0 Å². The normalized spacial score (nSPS) is 13.2. The summed E-state index contributed by atoms with van der Waals surface area (Å²) in [6, 6.07) is 0. The van der Waals surface area contributed by atoms with Gasteiger partial charge in [0.15, 0.2) is 6.10 Å². The summed E-state index contributed by atoms with van der Waals surface area (Å²) >= 11 is 0. The number of hydrogen-bond acceptors (Lipinski definition) is 9. The van der Waals surface area contributed by atoms with Crippen LogP contribution in [0, 0.1) is 0 Å². The lowest BCUT2D eigenvalue weighted by Crippen LogP contribution is -2.50. The van der Waals surface area contributed by atoms with Crippen molar-refractivity contribution < 1.29 is 48.1 Å². The van der Waals surface area contributed by atoms with Gasteiger partial charge >= 0.3 is 11.9 Å². The van der Waals surface area contributed by atoms with E-state index in [4.69, 9.17) is 18.5 Å². The summed E-state index contributed by atoms with van der Waals surface area (Å²) in [6.07, 6.45) is 41.5. The standard InChI is InChI=1S/C47H89N2O9P/c1-3-5-7-9-11-13-15-17-19-21-23-25-27-29-33-37-46(51)55-42-44(43-57-59(53,54)56-41-40-49-45(50)36-32-31-35-39-48)58-47(52)38-34-30-28-26-24-22-20-18-16-14-12-10-8-6-4-2/h17-20,44H,3-16,21-43,48H2,1-2H3,(H,49,50)(H,53,54)/b19-17-,20-18-/t44-/m1/s1. The lowest BCUT2D eigenvalue weighted by molar-refractivity contribution is -0.368. The number of allylic oxidation sites excluding steroid dienone is 4. The molecule has 4 N–H and O–H groups in total. The average molecular weight is 857 g/mol. The van der Waals surface area contributed by atoms with E-state index in [0.29, 0.717) is 19.3 Å². The van der Waals surface area contributed by atoms with E-state index in [1.807, 2.05) is 0 Å². The van der Waals surface area contributed by atoms with Gasteiger partial charge in [-0.05, 0) is 83.5 Å². The summed E-state index contributed by atoms with van der Waals surface area (Å²) in [7, 11) is -4.78. The van der Waals surface area contributed by atoms with Crippen LogP contribution >= 0.6 is 7.82 Å². The fraction of sp³-hybridized carbons (Fsp3) is 0.851. The van der Waals surface area contributed by atoms with Crippen molar-refractivity contribution in [2.24, 2.45) is 0 Å². The third-order valence-corrected chi connectivity index (χ3v) is 11.2. The zero-order valence-corrected chi connectivity index (χ0v) is 38.8. The zero-order valence-electron chi connectivity index (χ0n) is 37.9. The third-order valence-electron chi connectivity index (χ3n) is 10.3. The van der Waals surface area contributed by atoms with Crippen molar-refractivity contribution in [2.75, 3.05) is 32.9 Å². The van der Waals surface area contributed by atoms with Crippen molar-refractivity contribution in [3.05, 3.63) is 24.3 Å². The SMILES string of the molecule is CCCCCCCC/C=C\CCCCCCCC(=O)OC[C@H](COP(=O)([O-])OCCNC(=O)CCCCC[NH3+])OC(=O)CCCCCCC/C=C\CCCCCCCC. The van der Waals surface area contributed by atoms with Gasteiger partial charge in [-0.1, -0.05) is 141 Å². The maximum Gasteiger partial charge on any atom is 0.306 e. The highest BCUT2D eigenvalue weighted by Gasteiger charge is 2.21. The molecule has 11 nitrogen and oxygen atoms in total. The van der Waals surface area contributed by atoms with E-state index in [0.717, 1.165) is 96.4 Å². The molecule has 59 heavy (non-hydrogen) atoms. The summed E-state index contributed by atoms with van der Waals surface area (Å²) in [6.45, 7) is 4.17. The molecule has 0 aromatic heterocycles. The number of rotatable bonds is 45. The predicted molar refractivity (Wildman–Crippen MR) is 238 cm³/mol. The van der Waals surface area contributed by atoms with Crippen molar-refractivity contribution in [3.8, 4) is 0 Å². The van der Waals surface area contributed by atoms with E-state index < -0.39 is 32.5 Å². The van der Waals surface area contributed by atoms with Crippen LogP contribution in [0.15, 0.2) is 24.3 Å². The minimum Gasteiger partial charge on any atom is -0.756 e. The first-order valence-electron chi connectivity index (χ1n) is 24.0. The lowest BCUT2D eigenvalue weighted by Gasteiger charge is -2.25. The number of quaternary nitrogens is 1. The molecule has 346 valence electrons. The molecule has 0 aliphatic carbocycles. The lowest BCUT2D eigenvalue weighted by atomic mass is 10.1. The molecule has 0 saturated heterocycles. The predicted octanol–water partition coefficient (Wildman–Crippen LogP) is 10.9. The third kappa shape index (κ3) is 43.8. The molecule has 0 rings (SSSR count). The fourth-order valence-corrected chi connectivity index (χ4v) is 7.32. The number of amides is 1. The second kappa shape index (κ2) is 44.0. The van der Waals surface area contributed by atoms with Gasteiger partial charge in [0.05, 0.1) is 19.8 Å². The van der Waals surface area contributed by atoms with Crippen LogP contribution in [0.25, 0.3) is 0 Å². The second-order valence-corrected chi connectivity index (χ2v) is 17.5. The quantitative estimate of drug-likeness (QED) is 0.0262. The smallest absolute Gasteiger partial charge is 0.306 e. The van der Waals surface area contributed by atoms with Crippen molar-refractivity contribution >= 4 is 25.7 Å². The molecule has 12 heteroatoms. The van der Waals surface area contributed by atoms with E-state index in [2.05, 4.69) is 49.2 Å². The number of hydrogen-bond donors (Lipinski definition) is 2. The highest BCUT2D eigenvalue weighted by molar-refractivity contribution is 7.45. The Labute approximate surface area is 360 Å². The van der Waals surface area contributed by atoms with Gasteiger partial charge in [0.25, 0.3) is 7.82 Å². The minimum atomic E-state index is -4.78. The Bertz CT molecular complexity index is 1090. The Morgan fingerprint density at radius 2 is 0.983 bits per heavy atom. The summed E-state index contributed by atoms with van der Waals surface area (Å²) in [5, 5.41) is 2.63. The van der Waals surface area contributed by atoms with Crippen LogP contribution in [-0.4, -0.2) is 56.9 Å². The maximum atomic E-state index is 12.7. The molecule has 1 unspecified atom stereocenters. The first-order valence-corrected chi connectivity index (χ1v) is 25.5. The summed E-state index contributed by atoms with van der Waals surface area (Å²) in [5.74, 6) is -1.10. The molecule has 0 aromatic rings. The van der Waals surface area contributed by atoms with Crippen molar-refractivity contribution in [1.29, 1.82) is 0 Å². The van der Waals surface area contributed by atoms with Gasteiger partial charge in [-0.3, -0.25) is 18.9 Å². The van der Waals surface area contributed by atoms with Crippen LogP contribution in [0.3, 0.4) is 0 Å². The molecule has 1 amide bonds. The van der Waals surface area contributed by atoms with Crippen molar-refractivity contribution in [1.82, 2.24) is 5.32 Å². The topological polar surface area (TPSA) is 168 Å². The number of carbonyl (C=O) groups excluding carboxylic acids is 3. The summed E-state index contributed by atoms with van der Waals surface area (Å²) < 4.78 is 33.3. The number of unbranched alkanes of at least 4 members (excludes halogenated alkanes) is 24. The van der Waals surface area contributed by atoms with Crippen LogP contribution < -0.4 is 15.9 Å². The number of nitrogens with one attached hydrogen (secondary N) is 1. The number of phosphoric ester groups is 1. The van der Waals surface area contributed by atoms with Gasteiger partial charge < -0.3 is 34.5 Å². The van der Waals surface area contributed by atoms with E-state index in [9.17, 15) is 23.8 Å². The van der Waals surface area contributed by atoms with Gasteiger partial charge in [0, 0.05) is 25.8 Å². The number of ether oxygens (including phenoxy) is 2. The Morgan fingerprint density at radius 1 is 0.559 bits per heavy atom. The molecule has 0 spiro atoms. The molecule has 0 aromatic carbocycles. The van der Waals surface area contributed by atoms with Crippen molar-refractivity contribution in [2.45, 2.75) is 225 Å². The molecule has 0 aliphatic rings. The monoisotopic (exact) mass is 857 g/mol. The van der Waals surface area contributed by atoms with Crippen molar-refractivity contribution in [3.63, 3.8) is 0 Å². The highest BCUT2D eigenvalue weighted by Crippen LogP contribution is 2.38. The Morgan fingerprint density at radius 3 is 1.47 bits per heavy atom. The maximum absolute atomic E-state index is 12.7. The Hall–Kier alpha value is -2.04. The largest absolute Gasteiger partial charge is 0.756 e. The van der Waals surface area contributed by atoms with Crippen LogP contribution in [0.2, 0.25) is 0 Å². The van der Waals surface area contributed by atoms with Crippen LogP contribution in [0.4, 0.5) is 0 Å². The van der Waals surface area contributed by atoms with Crippen LogP contribution in [0.1, 0.15) is 219 Å². The van der Waals surface area contributed by atoms with Gasteiger partial charge in [0.1, 0.15) is 6.61 Å². The molecule has 2 atom stereocenters. The Kier molecular flexibility index (Phi) is 42.5. The summed E-state index contributed by atoms with van der Waals surface area (Å²) in [5.41, 5.74) is 3.78. The Balaban J connectivity index is 4.52. The van der Waals surface area contributed by atoms with Gasteiger partial charge in [0.2, 0.25) is 5.91 Å². The number of phosphoric acid groups is 1.